The highest BCUT2D eigenvalue weighted by Crippen LogP contribution is 2.31. The van der Waals surface area contributed by atoms with Gasteiger partial charge in [0.25, 0.3) is 0 Å². The number of fused-ring (bicyclic) bond motifs is 1. The lowest BCUT2D eigenvalue weighted by atomic mass is 10.2. The van der Waals surface area contributed by atoms with E-state index in [0.717, 1.165) is 0 Å². The number of halogens is 1. The maximum absolute atomic E-state index is 10.8. The zero-order valence-electron chi connectivity index (χ0n) is 10.0. The van der Waals surface area contributed by atoms with Gasteiger partial charge in [-0.1, -0.05) is 23.7 Å². The molecule has 20 heavy (non-hydrogen) atoms. The maximum atomic E-state index is 10.8. The molecule has 3 rings (SSSR count). The molecule has 100 valence electrons. The summed E-state index contributed by atoms with van der Waals surface area (Å²) >= 11 is 5.96. The molecule has 1 heterocycles. The molecule has 2 aromatic carbocycles. The first-order valence-electron chi connectivity index (χ1n) is 5.70. The number of oxazole rings is 1. The van der Waals surface area contributed by atoms with Crippen LogP contribution in [0.2, 0.25) is 5.02 Å². The fourth-order valence-electron chi connectivity index (χ4n) is 1.71. The summed E-state index contributed by atoms with van der Waals surface area (Å²) in [6.45, 7) is 0. The minimum Gasteiger partial charge on any atom is -0.478 e. The van der Waals surface area contributed by atoms with E-state index in [2.05, 4.69) is 4.98 Å². The number of benzene rings is 2. The van der Waals surface area contributed by atoms with Crippen LogP contribution >= 0.6 is 11.6 Å². The quantitative estimate of drug-likeness (QED) is 0.789. The summed E-state index contributed by atoms with van der Waals surface area (Å²) in [5.41, 5.74) is 1.35. The van der Waals surface area contributed by atoms with Gasteiger partial charge in [-0.2, -0.15) is 4.98 Å². The molecular weight excluding hydrogens is 282 g/mol. The van der Waals surface area contributed by atoms with E-state index in [4.69, 9.17) is 25.9 Å². The molecule has 5 nitrogen and oxygen atoms in total. The number of ether oxygens (including phenoxy) is 1. The molecule has 1 aromatic heterocycles. The van der Waals surface area contributed by atoms with E-state index in [1.54, 1.807) is 12.1 Å². The summed E-state index contributed by atoms with van der Waals surface area (Å²) in [4.78, 5) is 15.0. The lowest BCUT2D eigenvalue weighted by molar-refractivity contribution is 0.0697. The lowest BCUT2D eigenvalue weighted by Gasteiger charge is -2.03. The number of para-hydroxylation sites is 2. The number of aromatic nitrogens is 1. The first-order valence-corrected chi connectivity index (χ1v) is 6.07. The molecule has 0 radical (unpaired) electrons. The van der Waals surface area contributed by atoms with Crippen molar-refractivity contribution in [3.8, 4) is 11.8 Å². The van der Waals surface area contributed by atoms with Gasteiger partial charge in [0.15, 0.2) is 11.3 Å². The molecule has 0 saturated carbocycles. The molecule has 6 heteroatoms. The van der Waals surface area contributed by atoms with Crippen LogP contribution in [0.5, 0.6) is 11.8 Å². The monoisotopic (exact) mass is 289 g/mol. The van der Waals surface area contributed by atoms with Crippen LogP contribution in [-0.2, 0) is 0 Å². The molecule has 0 amide bonds. The molecule has 0 aliphatic rings. The third kappa shape index (κ3) is 2.31. The van der Waals surface area contributed by atoms with Gasteiger partial charge < -0.3 is 14.3 Å². The van der Waals surface area contributed by atoms with Gasteiger partial charge in [0.1, 0.15) is 5.52 Å². The average molecular weight is 290 g/mol. The highest BCUT2D eigenvalue weighted by Gasteiger charge is 2.12. The summed E-state index contributed by atoms with van der Waals surface area (Å²) in [7, 11) is 0. The van der Waals surface area contributed by atoms with E-state index in [1.165, 1.54) is 18.2 Å². The van der Waals surface area contributed by atoms with Crippen molar-refractivity contribution >= 4 is 28.7 Å². The highest BCUT2D eigenvalue weighted by molar-refractivity contribution is 6.32. The number of nitrogens with zero attached hydrogens (tertiary/aromatic N) is 1. The number of hydrogen-bond donors (Lipinski definition) is 1. The van der Waals surface area contributed by atoms with E-state index < -0.39 is 5.97 Å². The van der Waals surface area contributed by atoms with Crippen LogP contribution in [0.25, 0.3) is 11.1 Å². The summed E-state index contributed by atoms with van der Waals surface area (Å²) < 4.78 is 10.8. The zero-order chi connectivity index (χ0) is 14.1. The molecule has 0 aliphatic carbocycles. The predicted octanol–water partition coefficient (Wildman–Crippen LogP) is 3.97. The Hall–Kier alpha value is -2.53. The normalized spacial score (nSPS) is 10.7. The van der Waals surface area contributed by atoms with Crippen LogP contribution < -0.4 is 4.74 Å². The first kappa shape index (κ1) is 12.5. The van der Waals surface area contributed by atoms with Gasteiger partial charge in [0, 0.05) is 0 Å². The van der Waals surface area contributed by atoms with Crippen LogP contribution in [0.3, 0.4) is 0 Å². The van der Waals surface area contributed by atoms with Crippen LogP contribution in [0, 0.1) is 0 Å². The Labute approximate surface area is 118 Å². The summed E-state index contributed by atoms with van der Waals surface area (Å²) in [6, 6.07) is 11.4. The molecular formula is C14H8ClNO4. The van der Waals surface area contributed by atoms with Crippen molar-refractivity contribution in [3.63, 3.8) is 0 Å². The zero-order valence-corrected chi connectivity index (χ0v) is 10.8. The Morgan fingerprint density at radius 3 is 2.75 bits per heavy atom. The number of hydrogen-bond acceptors (Lipinski definition) is 4. The second-order valence-electron chi connectivity index (χ2n) is 4.00. The number of aromatic carboxylic acids is 1. The third-order valence-electron chi connectivity index (χ3n) is 2.65. The SMILES string of the molecule is O=C(O)c1ccc(Oc2nc3ccccc3o2)c(Cl)c1. The van der Waals surface area contributed by atoms with E-state index >= 15 is 0 Å². The van der Waals surface area contributed by atoms with Crippen LogP contribution in [-0.4, -0.2) is 16.1 Å². The van der Waals surface area contributed by atoms with Crippen molar-refractivity contribution in [2.75, 3.05) is 0 Å². The molecule has 0 fully saturated rings. The second-order valence-corrected chi connectivity index (χ2v) is 4.41. The van der Waals surface area contributed by atoms with Crippen molar-refractivity contribution < 1.29 is 19.1 Å². The van der Waals surface area contributed by atoms with E-state index in [0.29, 0.717) is 11.1 Å². The summed E-state index contributed by atoms with van der Waals surface area (Å²) in [5, 5.41) is 9.03. The number of carboxylic acid groups (broad SMARTS) is 1. The number of rotatable bonds is 3. The molecule has 0 atom stereocenters. The summed E-state index contributed by atoms with van der Waals surface area (Å²) in [6.07, 6.45) is 0.0520. The van der Waals surface area contributed by atoms with Gasteiger partial charge in [-0.05, 0) is 30.3 Å². The minimum absolute atomic E-state index is 0.0520. The molecule has 0 saturated heterocycles. The van der Waals surface area contributed by atoms with Gasteiger partial charge in [-0.15, -0.1) is 0 Å². The Balaban J connectivity index is 1.92. The van der Waals surface area contributed by atoms with E-state index in [-0.39, 0.29) is 22.4 Å². The number of carboxylic acids is 1. The van der Waals surface area contributed by atoms with Gasteiger partial charge in [-0.3, -0.25) is 0 Å². The first-order chi connectivity index (χ1) is 9.63. The van der Waals surface area contributed by atoms with Crippen molar-refractivity contribution in [3.05, 3.63) is 53.1 Å². The van der Waals surface area contributed by atoms with Crippen molar-refractivity contribution in [1.29, 1.82) is 0 Å². The van der Waals surface area contributed by atoms with Gasteiger partial charge in [0.2, 0.25) is 0 Å². The molecule has 0 aliphatic heterocycles. The minimum atomic E-state index is -1.06. The average Bonchev–Trinajstić information content (AvgIpc) is 2.83. The molecule has 0 unspecified atom stereocenters. The van der Waals surface area contributed by atoms with Crippen LogP contribution in [0.4, 0.5) is 0 Å². The Bertz CT molecular complexity index is 764. The summed E-state index contributed by atoms with van der Waals surface area (Å²) in [5.74, 6) is -0.775. The smallest absolute Gasteiger partial charge is 0.400 e. The largest absolute Gasteiger partial charge is 0.478 e. The maximum Gasteiger partial charge on any atom is 0.400 e. The van der Waals surface area contributed by atoms with Crippen molar-refractivity contribution in [2.45, 2.75) is 0 Å². The Morgan fingerprint density at radius 2 is 2.05 bits per heavy atom. The van der Waals surface area contributed by atoms with Crippen LogP contribution in [0.1, 0.15) is 10.4 Å². The standard InChI is InChI=1S/C14H8ClNO4/c15-9-7-8(13(17)18)5-6-11(9)19-14-16-10-3-1-2-4-12(10)20-14/h1-7H,(H,17,18). The Kier molecular flexibility index (Phi) is 3.04. The third-order valence-corrected chi connectivity index (χ3v) is 2.95. The fraction of sp³-hybridized carbons (Fsp3) is 0. The topological polar surface area (TPSA) is 72.6 Å². The van der Waals surface area contributed by atoms with E-state index in [1.807, 2.05) is 12.1 Å². The van der Waals surface area contributed by atoms with Crippen molar-refractivity contribution in [1.82, 2.24) is 4.98 Å². The van der Waals surface area contributed by atoms with Gasteiger partial charge >= 0.3 is 12.0 Å². The molecule has 1 N–H and O–H groups in total. The molecule has 3 aromatic rings. The van der Waals surface area contributed by atoms with Gasteiger partial charge in [-0.25, -0.2) is 4.79 Å². The van der Waals surface area contributed by atoms with Gasteiger partial charge in [0.05, 0.1) is 10.6 Å². The molecule has 0 spiro atoms. The second kappa shape index (κ2) is 4.86. The van der Waals surface area contributed by atoms with Crippen LogP contribution in [0.15, 0.2) is 46.9 Å². The fourth-order valence-corrected chi connectivity index (χ4v) is 1.92. The highest BCUT2D eigenvalue weighted by atomic mass is 35.5. The van der Waals surface area contributed by atoms with E-state index in [9.17, 15) is 4.79 Å². The Morgan fingerprint density at radius 1 is 1.25 bits per heavy atom. The van der Waals surface area contributed by atoms with Crippen molar-refractivity contribution in [2.24, 2.45) is 0 Å². The molecule has 0 bridgehead atoms. The number of carbonyl (C=O) groups is 1. The predicted molar refractivity (Wildman–Crippen MR) is 72.5 cm³/mol. The lowest BCUT2D eigenvalue weighted by Crippen LogP contribution is -1.96.